The van der Waals surface area contributed by atoms with Crippen molar-refractivity contribution in [2.45, 2.75) is 37.4 Å². The number of nitrogens with two attached hydrogens (primary N) is 1. The van der Waals surface area contributed by atoms with Crippen LogP contribution in [0.1, 0.15) is 17.8 Å². The Kier molecular flexibility index (Phi) is 10.4. The maximum Gasteiger partial charge on any atom is 0.326 e. The lowest BCUT2D eigenvalue weighted by atomic mass is 10.1. The molecule has 0 aliphatic heterocycles. The number of aromatic nitrogens is 4. The van der Waals surface area contributed by atoms with Gasteiger partial charge >= 0.3 is 5.97 Å². The van der Waals surface area contributed by atoms with E-state index in [-0.39, 0.29) is 19.4 Å². The largest absolute Gasteiger partial charge is 0.480 e. The molecule has 2 heterocycles. The Hall–Kier alpha value is -3.39. The van der Waals surface area contributed by atoms with Crippen LogP contribution in [-0.4, -0.2) is 85.4 Å². The number of aromatic amines is 2. The van der Waals surface area contributed by atoms with Crippen LogP contribution in [0.5, 0.6) is 0 Å². The second kappa shape index (κ2) is 13.2. The third kappa shape index (κ3) is 8.94. The number of hydrogen-bond donors (Lipinski definition) is 7. The number of rotatable bonds is 14. The normalized spacial score (nSPS) is 13.5. The molecule has 33 heavy (non-hydrogen) atoms. The molecular formula is C19H28N8O5S. The number of carbonyl (C=O) groups is 4. The standard InChI is InChI=1S/C19H28N8O5S/c1-33-3-2-13(20)17(29)23-8-16(28)26-14(4-11-6-21-9-24-11)18(30)27-15(19(31)32)5-12-7-22-10-25-12/h6-7,9-10,13-15H,2-5,8,20H2,1H3,(H,21,24)(H,22,25)(H,23,29)(H,26,28)(H,27,30)(H,31,32). The quantitative estimate of drug-likeness (QED) is 0.162. The van der Waals surface area contributed by atoms with Crippen LogP contribution in [0, 0.1) is 0 Å². The topological polar surface area (TPSA) is 208 Å². The first-order valence-corrected chi connectivity index (χ1v) is 11.5. The van der Waals surface area contributed by atoms with E-state index in [2.05, 4.69) is 35.9 Å². The maximum atomic E-state index is 12.9. The maximum absolute atomic E-state index is 12.9. The number of thioether (sulfide) groups is 1. The van der Waals surface area contributed by atoms with Gasteiger partial charge in [-0.15, -0.1) is 0 Å². The molecule has 0 aliphatic rings. The summed E-state index contributed by atoms with van der Waals surface area (Å²) < 4.78 is 0. The highest BCUT2D eigenvalue weighted by Crippen LogP contribution is 2.03. The minimum Gasteiger partial charge on any atom is -0.480 e. The zero-order chi connectivity index (χ0) is 24.2. The van der Waals surface area contributed by atoms with Crippen LogP contribution in [0.2, 0.25) is 0 Å². The number of aliphatic carboxylic acids is 1. The number of imidazole rings is 2. The van der Waals surface area contributed by atoms with Crippen LogP contribution < -0.4 is 21.7 Å². The molecular weight excluding hydrogens is 452 g/mol. The zero-order valence-corrected chi connectivity index (χ0v) is 18.9. The summed E-state index contributed by atoms with van der Waals surface area (Å²) in [6.45, 7) is -0.380. The molecule has 3 unspecified atom stereocenters. The number of carboxylic acid groups (broad SMARTS) is 1. The average molecular weight is 481 g/mol. The van der Waals surface area contributed by atoms with E-state index in [0.717, 1.165) is 0 Å². The lowest BCUT2D eigenvalue weighted by molar-refractivity contribution is -0.142. The van der Waals surface area contributed by atoms with Crippen molar-refractivity contribution in [2.24, 2.45) is 5.73 Å². The number of carbonyl (C=O) groups excluding carboxylic acids is 3. The third-order valence-electron chi connectivity index (χ3n) is 4.62. The molecule has 2 aromatic rings. The molecule has 13 nitrogen and oxygen atoms in total. The minimum atomic E-state index is -1.24. The van der Waals surface area contributed by atoms with Crippen LogP contribution in [0.4, 0.5) is 0 Å². The smallest absolute Gasteiger partial charge is 0.326 e. The van der Waals surface area contributed by atoms with E-state index in [1.165, 1.54) is 25.0 Å². The van der Waals surface area contributed by atoms with Gasteiger partial charge in [-0.1, -0.05) is 0 Å². The highest BCUT2D eigenvalue weighted by Gasteiger charge is 2.28. The Labute approximate surface area is 194 Å². The summed E-state index contributed by atoms with van der Waals surface area (Å²) in [5.41, 5.74) is 6.85. The molecule has 0 aliphatic carbocycles. The Balaban J connectivity index is 1.99. The van der Waals surface area contributed by atoms with Gasteiger partial charge in [0.05, 0.1) is 25.2 Å². The fraction of sp³-hybridized carbons (Fsp3) is 0.474. The van der Waals surface area contributed by atoms with E-state index in [0.29, 0.717) is 23.6 Å². The molecule has 8 N–H and O–H groups in total. The molecule has 0 bridgehead atoms. The van der Waals surface area contributed by atoms with Gasteiger partial charge in [0, 0.05) is 36.6 Å². The first-order chi connectivity index (χ1) is 15.8. The average Bonchev–Trinajstić information content (AvgIpc) is 3.49. The Morgan fingerprint density at radius 2 is 1.64 bits per heavy atom. The fourth-order valence-electron chi connectivity index (χ4n) is 2.83. The first-order valence-electron chi connectivity index (χ1n) is 10.1. The molecule has 0 fully saturated rings. The molecule has 0 saturated heterocycles. The van der Waals surface area contributed by atoms with Crippen molar-refractivity contribution in [2.75, 3.05) is 18.6 Å². The lowest BCUT2D eigenvalue weighted by Gasteiger charge is -2.21. The van der Waals surface area contributed by atoms with Crippen LogP contribution in [0.3, 0.4) is 0 Å². The summed E-state index contributed by atoms with van der Waals surface area (Å²) in [6.07, 6.45) is 8.14. The molecule has 2 rings (SSSR count). The second-order valence-electron chi connectivity index (χ2n) is 7.19. The van der Waals surface area contributed by atoms with Gasteiger partial charge in [-0.2, -0.15) is 11.8 Å². The van der Waals surface area contributed by atoms with E-state index < -0.39 is 41.8 Å². The Bertz CT molecular complexity index is 905. The van der Waals surface area contributed by atoms with Crippen LogP contribution in [-0.2, 0) is 32.0 Å². The molecule has 14 heteroatoms. The number of hydrogen-bond acceptors (Lipinski definition) is 8. The summed E-state index contributed by atoms with van der Waals surface area (Å²) in [7, 11) is 0. The second-order valence-corrected chi connectivity index (χ2v) is 8.17. The van der Waals surface area contributed by atoms with Crippen molar-refractivity contribution >= 4 is 35.5 Å². The van der Waals surface area contributed by atoms with Gasteiger partial charge in [0.1, 0.15) is 12.1 Å². The van der Waals surface area contributed by atoms with Gasteiger partial charge < -0.3 is 36.8 Å². The summed E-state index contributed by atoms with van der Waals surface area (Å²) in [5, 5.41) is 16.9. The van der Waals surface area contributed by atoms with Gasteiger partial charge in [0.25, 0.3) is 0 Å². The molecule has 0 radical (unpaired) electrons. The minimum absolute atomic E-state index is 0.0181. The summed E-state index contributed by atoms with van der Waals surface area (Å²) in [4.78, 5) is 62.2. The van der Waals surface area contributed by atoms with Gasteiger partial charge in [0.15, 0.2) is 0 Å². The van der Waals surface area contributed by atoms with Crippen LogP contribution >= 0.6 is 11.8 Å². The van der Waals surface area contributed by atoms with Crippen LogP contribution in [0.25, 0.3) is 0 Å². The van der Waals surface area contributed by atoms with Crippen molar-refractivity contribution in [1.82, 2.24) is 35.9 Å². The Morgan fingerprint density at radius 1 is 1.03 bits per heavy atom. The van der Waals surface area contributed by atoms with Gasteiger partial charge in [-0.3, -0.25) is 14.4 Å². The van der Waals surface area contributed by atoms with E-state index in [1.807, 2.05) is 6.26 Å². The van der Waals surface area contributed by atoms with E-state index in [4.69, 9.17) is 5.73 Å². The monoisotopic (exact) mass is 480 g/mol. The predicted octanol–water partition coefficient (Wildman–Crippen LogP) is -1.83. The number of amides is 3. The molecule has 0 aromatic carbocycles. The van der Waals surface area contributed by atoms with E-state index in [9.17, 15) is 24.3 Å². The van der Waals surface area contributed by atoms with Crippen molar-refractivity contribution < 1.29 is 24.3 Å². The SMILES string of the molecule is CSCCC(N)C(=O)NCC(=O)NC(Cc1cnc[nH]1)C(=O)NC(Cc1cnc[nH]1)C(=O)O. The van der Waals surface area contributed by atoms with Crippen molar-refractivity contribution in [3.8, 4) is 0 Å². The molecule has 3 atom stereocenters. The van der Waals surface area contributed by atoms with Crippen molar-refractivity contribution in [3.05, 3.63) is 36.4 Å². The van der Waals surface area contributed by atoms with Crippen molar-refractivity contribution in [1.29, 1.82) is 0 Å². The van der Waals surface area contributed by atoms with E-state index in [1.54, 1.807) is 11.8 Å². The van der Waals surface area contributed by atoms with E-state index >= 15 is 0 Å². The van der Waals surface area contributed by atoms with Gasteiger partial charge in [-0.05, 0) is 18.4 Å². The molecule has 0 spiro atoms. The highest BCUT2D eigenvalue weighted by molar-refractivity contribution is 7.98. The summed E-state index contributed by atoms with van der Waals surface area (Å²) in [6, 6.07) is -3.09. The highest BCUT2D eigenvalue weighted by atomic mass is 32.2. The fourth-order valence-corrected chi connectivity index (χ4v) is 3.32. The third-order valence-corrected chi connectivity index (χ3v) is 5.26. The molecule has 180 valence electrons. The molecule has 2 aromatic heterocycles. The first kappa shape index (κ1) is 25.9. The van der Waals surface area contributed by atoms with Crippen LogP contribution in [0.15, 0.2) is 25.0 Å². The van der Waals surface area contributed by atoms with Crippen molar-refractivity contribution in [3.63, 3.8) is 0 Å². The number of nitrogens with zero attached hydrogens (tertiary/aromatic N) is 2. The molecule has 3 amide bonds. The van der Waals surface area contributed by atoms with Gasteiger partial charge in [-0.25, -0.2) is 14.8 Å². The van der Waals surface area contributed by atoms with Gasteiger partial charge in [0.2, 0.25) is 17.7 Å². The number of carboxylic acids is 1. The summed E-state index contributed by atoms with van der Waals surface area (Å²) in [5.74, 6) is -2.33. The Morgan fingerprint density at radius 3 is 2.15 bits per heavy atom. The lowest BCUT2D eigenvalue weighted by Crippen LogP contribution is -2.55. The number of nitrogens with one attached hydrogen (secondary N) is 5. The zero-order valence-electron chi connectivity index (χ0n) is 18.0. The summed E-state index contributed by atoms with van der Waals surface area (Å²) >= 11 is 1.55. The number of H-pyrrole nitrogens is 2. The molecule has 0 saturated carbocycles. The predicted molar refractivity (Wildman–Crippen MR) is 120 cm³/mol.